The van der Waals surface area contributed by atoms with Crippen molar-refractivity contribution in [3.05, 3.63) is 70.8 Å². The van der Waals surface area contributed by atoms with Crippen molar-refractivity contribution in [2.45, 2.75) is 49.9 Å². The van der Waals surface area contributed by atoms with E-state index in [2.05, 4.69) is 10.3 Å². The summed E-state index contributed by atoms with van der Waals surface area (Å²) in [5.74, 6) is -0.115. The Morgan fingerprint density at radius 3 is 2.47 bits per heavy atom. The number of rotatable bonds is 5. The minimum atomic E-state index is -4.40. The largest absolute Gasteiger partial charge is 0.416 e. The molecule has 1 amide bonds. The van der Waals surface area contributed by atoms with Crippen molar-refractivity contribution in [1.29, 1.82) is 0 Å². The molecule has 1 atom stereocenters. The molecular formula is C23H23F3N2O2. The molecule has 2 aliphatic rings. The minimum absolute atomic E-state index is 0.115. The molecule has 0 aromatic heterocycles. The molecule has 2 aromatic carbocycles. The van der Waals surface area contributed by atoms with Gasteiger partial charge in [-0.15, -0.1) is 0 Å². The van der Waals surface area contributed by atoms with E-state index in [4.69, 9.17) is 4.74 Å². The molecule has 1 heterocycles. The zero-order valence-electron chi connectivity index (χ0n) is 16.8. The Morgan fingerprint density at radius 1 is 1.17 bits per heavy atom. The van der Waals surface area contributed by atoms with Crippen LogP contribution in [0.15, 0.2) is 53.5 Å². The van der Waals surface area contributed by atoms with Crippen LogP contribution in [0.1, 0.15) is 48.1 Å². The fourth-order valence-corrected chi connectivity index (χ4v) is 4.50. The molecule has 4 nitrogen and oxygen atoms in total. The van der Waals surface area contributed by atoms with Gasteiger partial charge in [-0.25, -0.2) is 0 Å². The van der Waals surface area contributed by atoms with Crippen molar-refractivity contribution >= 4 is 12.2 Å². The summed E-state index contributed by atoms with van der Waals surface area (Å²) < 4.78 is 45.7. The number of nitrogens with zero attached hydrogens (tertiary/aromatic N) is 1. The SMILES string of the molecule is Cc1cc(C(C)OCC2(c3ccccc3)CC3(C2)N=CNC3=O)cc(C(F)(F)F)c1. The van der Waals surface area contributed by atoms with Gasteiger partial charge in [-0.3, -0.25) is 9.79 Å². The number of aryl methyl sites for hydroxylation is 1. The second-order valence-corrected chi connectivity index (χ2v) is 8.35. The van der Waals surface area contributed by atoms with Crippen molar-refractivity contribution in [3.63, 3.8) is 0 Å². The maximum absolute atomic E-state index is 13.2. The lowest BCUT2D eigenvalue weighted by atomic mass is 9.55. The summed E-state index contributed by atoms with van der Waals surface area (Å²) in [6, 6.07) is 13.8. The molecule has 1 aliphatic carbocycles. The van der Waals surface area contributed by atoms with Crippen LogP contribution in [0.5, 0.6) is 0 Å². The predicted octanol–water partition coefficient (Wildman–Crippen LogP) is 4.72. The van der Waals surface area contributed by atoms with Crippen LogP contribution in [0.2, 0.25) is 0 Å². The minimum Gasteiger partial charge on any atom is -0.373 e. The van der Waals surface area contributed by atoms with Crippen LogP contribution in [-0.2, 0) is 21.1 Å². The van der Waals surface area contributed by atoms with E-state index in [0.717, 1.165) is 17.7 Å². The zero-order valence-corrected chi connectivity index (χ0v) is 16.8. The molecule has 1 spiro atoms. The molecule has 0 radical (unpaired) electrons. The summed E-state index contributed by atoms with van der Waals surface area (Å²) in [4.78, 5) is 16.6. The Balaban J connectivity index is 1.55. The van der Waals surface area contributed by atoms with E-state index in [1.54, 1.807) is 19.9 Å². The molecule has 4 rings (SSSR count). The molecular weight excluding hydrogens is 393 g/mol. The molecule has 1 N–H and O–H groups in total. The van der Waals surface area contributed by atoms with Crippen molar-refractivity contribution in [3.8, 4) is 0 Å². The van der Waals surface area contributed by atoms with Crippen molar-refractivity contribution < 1.29 is 22.7 Å². The van der Waals surface area contributed by atoms with Crippen LogP contribution in [0.3, 0.4) is 0 Å². The number of aliphatic imine (C=N–C) groups is 1. The number of ether oxygens (including phenoxy) is 1. The molecule has 2 aromatic rings. The van der Waals surface area contributed by atoms with E-state index in [0.29, 0.717) is 24.0 Å². The quantitative estimate of drug-likeness (QED) is 0.767. The summed E-state index contributed by atoms with van der Waals surface area (Å²) in [6.45, 7) is 3.68. The van der Waals surface area contributed by atoms with E-state index in [1.165, 1.54) is 6.34 Å². The normalized spacial score (nSPS) is 26.5. The van der Waals surface area contributed by atoms with Crippen LogP contribution in [-0.4, -0.2) is 24.4 Å². The van der Waals surface area contributed by atoms with Gasteiger partial charge in [0.2, 0.25) is 0 Å². The van der Waals surface area contributed by atoms with Crippen LogP contribution >= 0.6 is 0 Å². The summed E-state index contributed by atoms with van der Waals surface area (Å²) in [7, 11) is 0. The fraction of sp³-hybridized carbons (Fsp3) is 0.391. The molecule has 1 fully saturated rings. The van der Waals surface area contributed by atoms with Gasteiger partial charge >= 0.3 is 6.18 Å². The van der Waals surface area contributed by atoms with Gasteiger partial charge in [0.15, 0.2) is 0 Å². The lowest BCUT2D eigenvalue weighted by Crippen LogP contribution is -2.60. The first kappa shape index (κ1) is 20.6. The van der Waals surface area contributed by atoms with E-state index in [-0.39, 0.29) is 12.5 Å². The monoisotopic (exact) mass is 416 g/mol. The Morgan fingerprint density at radius 2 is 1.87 bits per heavy atom. The van der Waals surface area contributed by atoms with Gasteiger partial charge in [0.1, 0.15) is 5.54 Å². The number of halogens is 3. The molecule has 0 bridgehead atoms. The highest BCUT2D eigenvalue weighted by atomic mass is 19.4. The number of hydrogen-bond donors (Lipinski definition) is 1. The molecule has 30 heavy (non-hydrogen) atoms. The Labute approximate surface area is 173 Å². The number of alkyl halides is 3. The summed E-state index contributed by atoms with van der Waals surface area (Å²) in [5.41, 5.74) is 0.201. The first-order chi connectivity index (χ1) is 14.1. The number of hydrogen-bond acceptors (Lipinski definition) is 3. The number of carbonyl (C=O) groups is 1. The van der Waals surface area contributed by atoms with Gasteiger partial charge < -0.3 is 10.1 Å². The van der Waals surface area contributed by atoms with E-state index >= 15 is 0 Å². The maximum Gasteiger partial charge on any atom is 0.416 e. The maximum atomic E-state index is 13.2. The highest BCUT2D eigenvalue weighted by Crippen LogP contribution is 2.54. The third-order valence-corrected chi connectivity index (χ3v) is 6.08. The smallest absolute Gasteiger partial charge is 0.373 e. The van der Waals surface area contributed by atoms with Gasteiger partial charge in [0, 0.05) is 5.41 Å². The molecule has 158 valence electrons. The topological polar surface area (TPSA) is 50.7 Å². The average molecular weight is 416 g/mol. The van der Waals surface area contributed by atoms with Crippen molar-refractivity contribution in [2.75, 3.05) is 6.61 Å². The van der Waals surface area contributed by atoms with Crippen molar-refractivity contribution in [1.82, 2.24) is 5.32 Å². The van der Waals surface area contributed by atoms with Gasteiger partial charge in [-0.05, 0) is 49.9 Å². The standard InChI is InChI=1S/C23H23F3N2O2/c1-15-8-17(10-19(9-15)23(24,25)26)16(2)30-13-21(18-6-4-3-5-7-18)11-22(12-21)20(29)27-14-28-22/h3-10,14,16H,11-13H2,1-2H3,(H,27,28,29). The first-order valence-electron chi connectivity index (χ1n) is 9.84. The molecule has 7 heteroatoms. The van der Waals surface area contributed by atoms with E-state index in [9.17, 15) is 18.0 Å². The van der Waals surface area contributed by atoms with Gasteiger partial charge in [0.05, 0.1) is 24.6 Å². The van der Waals surface area contributed by atoms with Crippen LogP contribution in [0.25, 0.3) is 0 Å². The Kier molecular flexibility index (Phi) is 4.97. The van der Waals surface area contributed by atoms with Crippen molar-refractivity contribution in [2.24, 2.45) is 4.99 Å². The molecule has 1 aliphatic heterocycles. The molecule has 1 unspecified atom stereocenters. The van der Waals surface area contributed by atoms with Gasteiger partial charge in [-0.1, -0.05) is 42.0 Å². The fourth-order valence-electron chi connectivity index (χ4n) is 4.50. The van der Waals surface area contributed by atoms with Gasteiger partial charge in [0.25, 0.3) is 5.91 Å². The zero-order chi connectivity index (χ0) is 21.6. The number of nitrogens with one attached hydrogen (secondary N) is 1. The van der Waals surface area contributed by atoms with E-state index in [1.807, 2.05) is 30.3 Å². The third kappa shape index (κ3) is 3.62. The number of benzene rings is 2. The highest BCUT2D eigenvalue weighted by Gasteiger charge is 2.61. The predicted molar refractivity (Wildman–Crippen MR) is 107 cm³/mol. The van der Waals surface area contributed by atoms with Crippen LogP contribution in [0.4, 0.5) is 13.2 Å². The summed E-state index contributed by atoms with van der Waals surface area (Å²) in [5, 5.41) is 2.64. The van der Waals surface area contributed by atoms with E-state index < -0.39 is 28.8 Å². The highest BCUT2D eigenvalue weighted by molar-refractivity contribution is 6.01. The Bertz CT molecular complexity index is 980. The average Bonchev–Trinajstić information content (AvgIpc) is 3.05. The first-order valence-corrected chi connectivity index (χ1v) is 9.84. The summed E-state index contributed by atoms with van der Waals surface area (Å²) in [6.07, 6.45) is -2.49. The number of amides is 1. The lowest BCUT2D eigenvalue weighted by Gasteiger charge is -2.51. The second-order valence-electron chi connectivity index (χ2n) is 8.35. The molecule has 1 saturated carbocycles. The molecule has 0 saturated heterocycles. The van der Waals surface area contributed by atoms with Crippen LogP contribution < -0.4 is 5.32 Å². The Hall–Kier alpha value is -2.67. The van der Waals surface area contributed by atoms with Crippen LogP contribution in [0, 0.1) is 6.92 Å². The summed E-state index contributed by atoms with van der Waals surface area (Å²) >= 11 is 0. The van der Waals surface area contributed by atoms with Gasteiger partial charge in [-0.2, -0.15) is 13.2 Å². The second kappa shape index (κ2) is 7.23. The third-order valence-electron chi connectivity index (χ3n) is 6.08. The number of carbonyl (C=O) groups excluding carboxylic acids is 1. The lowest BCUT2D eigenvalue weighted by molar-refractivity contribution is -0.137.